The number of likely N-dealkylation sites (N-methyl/N-ethyl adjacent to an activating group) is 1. The molecule has 3 amide bonds. The molecule has 39 heavy (non-hydrogen) atoms. The number of hydrogen-bond donors (Lipinski definition) is 2. The van der Waals surface area contributed by atoms with Gasteiger partial charge in [-0.1, -0.05) is 47.7 Å². The van der Waals surface area contributed by atoms with Crippen molar-refractivity contribution >= 4 is 23.4 Å². The zero-order valence-corrected chi connectivity index (χ0v) is 23.0. The third-order valence-corrected chi connectivity index (χ3v) is 6.81. The van der Waals surface area contributed by atoms with Crippen molar-refractivity contribution in [2.24, 2.45) is 0 Å². The van der Waals surface area contributed by atoms with Gasteiger partial charge in [0.05, 0.1) is 23.5 Å². The van der Waals surface area contributed by atoms with Crippen LogP contribution in [0.15, 0.2) is 48.5 Å². The molecule has 0 spiro atoms. The van der Waals surface area contributed by atoms with E-state index in [2.05, 4.69) is 20.9 Å². The average Bonchev–Trinajstić information content (AvgIpc) is 3.31. The van der Waals surface area contributed by atoms with Gasteiger partial charge in [0.25, 0.3) is 0 Å². The Hall–Kier alpha value is -4.05. The van der Waals surface area contributed by atoms with Crippen LogP contribution in [0.3, 0.4) is 0 Å². The van der Waals surface area contributed by atoms with Gasteiger partial charge in [-0.2, -0.15) is 0 Å². The maximum absolute atomic E-state index is 13.6. The fourth-order valence-corrected chi connectivity index (χ4v) is 4.77. The predicted molar refractivity (Wildman–Crippen MR) is 149 cm³/mol. The SMILES string of the molecule is CCOC(C)(C)CCNC(=O)CCC(=O)N1Cc2ccccc2-c2c(nnn2CC(=O)NC)-c2ccccc21. The summed E-state index contributed by atoms with van der Waals surface area (Å²) in [6.45, 7) is 7.35. The number of amides is 3. The normalized spacial score (nSPS) is 12.5. The van der Waals surface area contributed by atoms with E-state index in [1.54, 1.807) is 16.6 Å². The second kappa shape index (κ2) is 12.2. The fraction of sp³-hybridized carbons (Fsp3) is 0.414. The first-order chi connectivity index (χ1) is 18.7. The first kappa shape index (κ1) is 28.0. The molecule has 2 aromatic carbocycles. The summed E-state index contributed by atoms with van der Waals surface area (Å²) in [5, 5.41) is 14.3. The van der Waals surface area contributed by atoms with Gasteiger partial charge in [0.15, 0.2) is 0 Å². The molecule has 3 aromatic rings. The second-order valence-electron chi connectivity index (χ2n) is 10.1. The number of fused-ring (bicyclic) bond motifs is 5. The number of nitrogens with zero attached hydrogens (tertiary/aromatic N) is 4. The van der Waals surface area contributed by atoms with Crippen molar-refractivity contribution in [3.8, 4) is 22.5 Å². The molecule has 10 nitrogen and oxygen atoms in total. The van der Waals surface area contributed by atoms with Gasteiger partial charge in [0.2, 0.25) is 17.7 Å². The maximum Gasteiger partial charge on any atom is 0.241 e. The van der Waals surface area contributed by atoms with Crippen molar-refractivity contribution < 1.29 is 19.1 Å². The van der Waals surface area contributed by atoms with Gasteiger partial charge in [-0.3, -0.25) is 14.4 Å². The number of aromatic nitrogens is 3. The Balaban J connectivity index is 1.58. The Morgan fingerprint density at radius 2 is 1.72 bits per heavy atom. The summed E-state index contributed by atoms with van der Waals surface area (Å²) in [5.41, 5.74) is 4.16. The standard InChI is InChI=1S/C29H36N6O4/c1-5-39-29(2,3)16-17-31-24(36)14-15-26(38)34-18-20-10-6-7-11-21(20)28-27(22-12-8-9-13-23(22)34)32-33-35(28)19-25(37)30-4/h6-13H,5,14-19H2,1-4H3,(H,30,37)(H,31,36). The van der Waals surface area contributed by atoms with Gasteiger partial charge >= 0.3 is 0 Å². The van der Waals surface area contributed by atoms with E-state index < -0.39 is 0 Å². The fourth-order valence-electron chi connectivity index (χ4n) is 4.77. The van der Waals surface area contributed by atoms with Crippen LogP contribution >= 0.6 is 0 Å². The molecular formula is C29H36N6O4. The molecule has 2 N–H and O–H groups in total. The summed E-state index contributed by atoms with van der Waals surface area (Å²) in [5.74, 6) is -0.522. The van der Waals surface area contributed by atoms with Crippen LogP contribution in [0, 0.1) is 0 Å². The van der Waals surface area contributed by atoms with E-state index in [0.29, 0.717) is 37.5 Å². The quantitative estimate of drug-likeness (QED) is 0.414. The Kier molecular flexibility index (Phi) is 8.75. The third-order valence-electron chi connectivity index (χ3n) is 6.81. The maximum atomic E-state index is 13.6. The van der Waals surface area contributed by atoms with Crippen molar-refractivity contribution in [1.29, 1.82) is 0 Å². The summed E-state index contributed by atoms with van der Waals surface area (Å²) >= 11 is 0. The van der Waals surface area contributed by atoms with Gasteiger partial charge in [-0.05, 0) is 38.8 Å². The summed E-state index contributed by atoms with van der Waals surface area (Å²) in [6.07, 6.45) is 0.828. The molecule has 10 heteroatoms. The minimum Gasteiger partial charge on any atom is -0.376 e. The van der Waals surface area contributed by atoms with Crippen molar-refractivity contribution in [3.05, 3.63) is 54.1 Å². The van der Waals surface area contributed by atoms with Crippen molar-refractivity contribution in [1.82, 2.24) is 25.6 Å². The highest BCUT2D eigenvalue weighted by Gasteiger charge is 2.29. The summed E-state index contributed by atoms with van der Waals surface area (Å²) in [4.78, 5) is 40.0. The van der Waals surface area contributed by atoms with Gasteiger partial charge in [-0.15, -0.1) is 5.10 Å². The largest absolute Gasteiger partial charge is 0.376 e. The number of anilines is 1. The Labute approximate surface area is 228 Å². The molecule has 0 saturated carbocycles. The second-order valence-corrected chi connectivity index (χ2v) is 10.1. The highest BCUT2D eigenvalue weighted by molar-refractivity contribution is 6.01. The lowest BCUT2D eigenvalue weighted by Gasteiger charge is -2.28. The van der Waals surface area contributed by atoms with Crippen LogP contribution in [0.25, 0.3) is 22.5 Å². The number of ether oxygens (including phenoxy) is 1. The molecule has 1 aromatic heterocycles. The molecular weight excluding hydrogens is 496 g/mol. The molecule has 2 heterocycles. The van der Waals surface area contributed by atoms with Gasteiger partial charge < -0.3 is 20.3 Å². The third kappa shape index (κ3) is 6.51. The molecule has 0 aliphatic carbocycles. The van der Waals surface area contributed by atoms with E-state index in [1.165, 1.54) is 0 Å². The van der Waals surface area contributed by atoms with Crippen molar-refractivity contribution in [2.45, 2.75) is 58.7 Å². The summed E-state index contributed by atoms with van der Waals surface area (Å²) in [6, 6.07) is 15.3. The molecule has 0 radical (unpaired) electrons. The Morgan fingerprint density at radius 3 is 2.46 bits per heavy atom. The Morgan fingerprint density at radius 1 is 1.00 bits per heavy atom. The predicted octanol–water partition coefficient (Wildman–Crippen LogP) is 3.31. The summed E-state index contributed by atoms with van der Waals surface area (Å²) in [7, 11) is 1.58. The number of nitrogens with one attached hydrogen (secondary N) is 2. The molecule has 0 bridgehead atoms. The molecule has 0 fully saturated rings. The Bertz CT molecular complexity index is 1350. The number of carbonyl (C=O) groups excluding carboxylic acids is 3. The minimum atomic E-state index is -0.319. The lowest BCUT2D eigenvalue weighted by atomic mass is 9.95. The number of benzene rings is 2. The highest BCUT2D eigenvalue weighted by atomic mass is 16.5. The number of hydrogen-bond acceptors (Lipinski definition) is 6. The van der Waals surface area contributed by atoms with Crippen LogP contribution in [0.1, 0.15) is 45.6 Å². The van der Waals surface area contributed by atoms with Gasteiger partial charge in [0.1, 0.15) is 12.2 Å². The van der Waals surface area contributed by atoms with Crippen LogP contribution in [0.4, 0.5) is 5.69 Å². The first-order valence-electron chi connectivity index (χ1n) is 13.3. The number of rotatable bonds is 10. The highest BCUT2D eigenvalue weighted by Crippen LogP contribution is 2.41. The molecule has 0 unspecified atom stereocenters. The smallest absolute Gasteiger partial charge is 0.241 e. The van der Waals surface area contributed by atoms with Crippen LogP contribution in [0.5, 0.6) is 0 Å². The molecule has 1 aliphatic rings. The first-order valence-corrected chi connectivity index (χ1v) is 13.3. The van der Waals surface area contributed by atoms with E-state index in [9.17, 15) is 14.4 Å². The monoisotopic (exact) mass is 532 g/mol. The van der Waals surface area contributed by atoms with E-state index >= 15 is 0 Å². The van der Waals surface area contributed by atoms with Crippen LogP contribution < -0.4 is 15.5 Å². The van der Waals surface area contributed by atoms with Gasteiger partial charge in [-0.25, -0.2) is 4.68 Å². The van der Waals surface area contributed by atoms with Crippen LogP contribution in [-0.2, 0) is 32.2 Å². The van der Waals surface area contributed by atoms with E-state index in [4.69, 9.17) is 4.74 Å². The molecule has 1 aliphatic heterocycles. The average molecular weight is 533 g/mol. The molecule has 0 saturated heterocycles. The number of carbonyl (C=O) groups is 3. The topological polar surface area (TPSA) is 118 Å². The lowest BCUT2D eigenvalue weighted by Crippen LogP contribution is -2.35. The van der Waals surface area contributed by atoms with E-state index in [1.807, 2.05) is 69.3 Å². The summed E-state index contributed by atoms with van der Waals surface area (Å²) < 4.78 is 7.28. The van der Waals surface area contributed by atoms with E-state index in [0.717, 1.165) is 22.4 Å². The van der Waals surface area contributed by atoms with Crippen molar-refractivity contribution in [3.63, 3.8) is 0 Å². The molecule has 0 atom stereocenters. The number of para-hydroxylation sites is 1. The molecule has 4 rings (SSSR count). The van der Waals surface area contributed by atoms with Crippen molar-refractivity contribution in [2.75, 3.05) is 25.1 Å². The zero-order chi connectivity index (χ0) is 28.0. The van der Waals surface area contributed by atoms with E-state index in [-0.39, 0.29) is 42.7 Å². The zero-order valence-electron chi connectivity index (χ0n) is 23.0. The van der Waals surface area contributed by atoms with Gasteiger partial charge in [0, 0.05) is 44.2 Å². The molecule has 206 valence electrons. The minimum absolute atomic E-state index is 0.0227. The van der Waals surface area contributed by atoms with Crippen LogP contribution in [0.2, 0.25) is 0 Å². The lowest BCUT2D eigenvalue weighted by molar-refractivity contribution is -0.125. The van der Waals surface area contributed by atoms with Crippen LogP contribution in [-0.4, -0.2) is 58.5 Å².